The minimum atomic E-state index is -0.223. The van der Waals surface area contributed by atoms with Crippen LogP contribution in [0.3, 0.4) is 0 Å². The molecule has 0 fully saturated rings. The van der Waals surface area contributed by atoms with Gasteiger partial charge < -0.3 is 4.98 Å². The highest BCUT2D eigenvalue weighted by molar-refractivity contribution is 6.17. The van der Waals surface area contributed by atoms with Crippen LogP contribution in [0.2, 0.25) is 0 Å². The second-order valence-electron chi connectivity index (χ2n) is 3.75. The number of hydrogen-bond acceptors (Lipinski definition) is 1. The van der Waals surface area contributed by atoms with Crippen LogP contribution in [0.15, 0.2) is 18.2 Å². The third-order valence-corrected chi connectivity index (χ3v) is 2.81. The summed E-state index contributed by atoms with van der Waals surface area (Å²) in [6.07, 6.45) is 0. The van der Waals surface area contributed by atoms with Crippen LogP contribution < -0.4 is 0 Å². The maximum Gasteiger partial charge on any atom is 0.137 e. The molecule has 2 nitrogen and oxygen atoms in total. The van der Waals surface area contributed by atoms with E-state index in [1.165, 1.54) is 6.07 Å². The Morgan fingerprint density at radius 2 is 2.12 bits per heavy atom. The molecule has 0 aliphatic rings. The number of aryl methyl sites for hydroxylation is 2. The lowest BCUT2D eigenvalue weighted by Gasteiger charge is -1.99. The Kier molecular flexibility index (Phi) is 2.97. The molecular weight excluding hydrogens is 227 g/mol. The predicted molar refractivity (Wildman–Crippen MR) is 63.0 cm³/mol. The van der Waals surface area contributed by atoms with Crippen molar-refractivity contribution in [2.75, 3.05) is 0 Å². The molecule has 1 heterocycles. The number of aromatic amines is 1. The van der Waals surface area contributed by atoms with Crippen molar-refractivity contribution in [3.05, 3.63) is 41.0 Å². The summed E-state index contributed by atoms with van der Waals surface area (Å²) < 4.78 is 13.4. The zero-order valence-electron chi connectivity index (χ0n) is 9.14. The van der Waals surface area contributed by atoms with Crippen molar-refractivity contribution >= 4 is 11.6 Å². The van der Waals surface area contributed by atoms with Crippen LogP contribution in [0.25, 0.3) is 11.4 Å². The molecule has 0 amide bonds. The number of H-pyrrole nitrogens is 1. The average molecular weight is 239 g/mol. The van der Waals surface area contributed by atoms with Crippen LogP contribution in [0, 0.1) is 19.7 Å². The fraction of sp³-hybridized carbons (Fsp3) is 0.250. The van der Waals surface area contributed by atoms with Crippen LogP contribution in [-0.4, -0.2) is 9.97 Å². The lowest BCUT2D eigenvalue weighted by molar-refractivity contribution is 0.619. The summed E-state index contributed by atoms with van der Waals surface area (Å²) in [5.74, 6) is 0.794. The maximum absolute atomic E-state index is 13.4. The van der Waals surface area contributed by atoms with E-state index in [1.807, 2.05) is 13.0 Å². The number of imidazole rings is 1. The van der Waals surface area contributed by atoms with E-state index in [-0.39, 0.29) is 5.82 Å². The molecule has 1 aromatic heterocycles. The number of nitrogens with zero attached hydrogens (tertiary/aromatic N) is 1. The van der Waals surface area contributed by atoms with Crippen molar-refractivity contribution < 1.29 is 4.39 Å². The van der Waals surface area contributed by atoms with Crippen molar-refractivity contribution in [3.63, 3.8) is 0 Å². The first-order valence-corrected chi connectivity index (χ1v) is 5.53. The molecule has 0 bridgehead atoms. The van der Waals surface area contributed by atoms with Crippen molar-refractivity contribution in [2.45, 2.75) is 19.7 Å². The number of halogens is 2. The third-order valence-electron chi connectivity index (χ3n) is 2.56. The fourth-order valence-corrected chi connectivity index (χ4v) is 1.76. The number of nitrogens with one attached hydrogen (secondary N) is 1. The van der Waals surface area contributed by atoms with Crippen molar-refractivity contribution in [3.8, 4) is 11.4 Å². The first-order chi connectivity index (χ1) is 7.61. The van der Waals surface area contributed by atoms with E-state index < -0.39 is 0 Å². The van der Waals surface area contributed by atoms with Gasteiger partial charge in [0.1, 0.15) is 11.6 Å². The Balaban J connectivity index is 2.46. The normalized spacial score (nSPS) is 10.8. The summed E-state index contributed by atoms with van der Waals surface area (Å²) in [4.78, 5) is 7.41. The predicted octanol–water partition coefficient (Wildman–Crippen LogP) is 3.57. The van der Waals surface area contributed by atoms with Gasteiger partial charge in [-0.15, -0.1) is 11.6 Å². The van der Waals surface area contributed by atoms with Gasteiger partial charge in [-0.05, 0) is 25.5 Å². The van der Waals surface area contributed by atoms with Gasteiger partial charge in [-0.1, -0.05) is 12.1 Å². The van der Waals surface area contributed by atoms with Crippen LogP contribution in [0.1, 0.15) is 17.0 Å². The van der Waals surface area contributed by atoms with Gasteiger partial charge >= 0.3 is 0 Å². The standard InChI is InChI=1S/C12H12ClFN2/c1-7-3-4-9(5-10(7)14)12-15-8(2)11(6-13)16-12/h3-5H,6H2,1-2H3,(H,15,16). The van der Waals surface area contributed by atoms with Gasteiger partial charge in [0.25, 0.3) is 0 Å². The highest BCUT2D eigenvalue weighted by atomic mass is 35.5. The number of benzene rings is 1. The molecule has 0 atom stereocenters. The SMILES string of the molecule is Cc1ccc(-c2nc(CCl)c(C)[nH]2)cc1F. The van der Waals surface area contributed by atoms with E-state index in [0.29, 0.717) is 17.3 Å². The van der Waals surface area contributed by atoms with Crippen molar-refractivity contribution in [1.82, 2.24) is 9.97 Å². The molecular formula is C12H12ClFN2. The lowest BCUT2D eigenvalue weighted by atomic mass is 10.1. The van der Waals surface area contributed by atoms with Gasteiger partial charge in [0.05, 0.1) is 11.6 Å². The quantitative estimate of drug-likeness (QED) is 0.796. The molecule has 84 valence electrons. The lowest BCUT2D eigenvalue weighted by Crippen LogP contribution is -1.86. The molecule has 4 heteroatoms. The Bertz CT molecular complexity index is 520. The Morgan fingerprint density at radius 1 is 1.38 bits per heavy atom. The monoisotopic (exact) mass is 238 g/mol. The van der Waals surface area contributed by atoms with Crippen LogP contribution >= 0.6 is 11.6 Å². The first kappa shape index (κ1) is 11.1. The van der Waals surface area contributed by atoms with E-state index in [0.717, 1.165) is 17.0 Å². The number of alkyl halides is 1. The third kappa shape index (κ3) is 1.95. The fourth-order valence-electron chi connectivity index (χ4n) is 1.50. The Labute approximate surface area is 98.5 Å². The molecule has 1 N–H and O–H groups in total. The first-order valence-electron chi connectivity index (χ1n) is 5.00. The summed E-state index contributed by atoms with van der Waals surface area (Å²) in [7, 11) is 0. The molecule has 1 aromatic carbocycles. The Hall–Kier alpha value is -1.35. The average Bonchev–Trinajstić information content (AvgIpc) is 2.64. The molecule has 0 saturated heterocycles. The van der Waals surface area contributed by atoms with Gasteiger partial charge in [-0.3, -0.25) is 0 Å². The van der Waals surface area contributed by atoms with Gasteiger partial charge in [0, 0.05) is 11.3 Å². The van der Waals surface area contributed by atoms with Crippen molar-refractivity contribution in [1.29, 1.82) is 0 Å². The molecule has 0 radical (unpaired) electrons. The summed E-state index contributed by atoms with van der Waals surface area (Å²) in [6, 6.07) is 5.06. The van der Waals surface area contributed by atoms with Gasteiger partial charge in [-0.25, -0.2) is 9.37 Å². The smallest absolute Gasteiger partial charge is 0.137 e. The molecule has 0 spiro atoms. The maximum atomic E-state index is 13.4. The Morgan fingerprint density at radius 3 is 2.69 bits per heavy atom. The summed E-state index contributed by atoms with van der Waals surface area (Å²) in [5, 5.41) is 0. The molecule has 2 aromatic rings. The van der Waals surface area contributed by atoms with Gasteiger partial charge in [0.15, 0.2) is 0 Å². The minimum Gasteiger partial charge on any atom is -0.342 e. The second-order valence-corrected chi connectivity index (χ2v) is 4.02. The number of aromatic nitrogens is 2. The largest absolute Gasteiger partial charge is 0.342 e. The molecule has 2 rings (SSSR count). The topological polar surface area (TPSA) is 28.7 Å². The van der Waals surface area contributed by atoms with E-state index >= 15 is 0 Å². The van der Waals surface area contributed by atoms with Crippen LogP contribution in [0.5, 0.6) is 0 Å². The molecule has 0 aliphatic carbocycles. The van der Waals surface area contributed by atoms with E-state index in [2.05, 4.69) is 9.97 Å². The summed E-state index contributed by atoms with van der Waals surface area (Å²) >= 11 is 5.73. The second kappa shape index (κ2) is 4.26. The summed E-state index contributed by atoms with van der Waals surface area (Å²) in [5.41, 5.74) is 3.09. The number of hydrogen-bond donors (Lipinski definition) is 1. The molecule has 16 heavy (non-hydrogen) atoms. The summed E-state index contributed by atoms with van der Waals surface area (Å²) in [6.45, 7) is 3.63. The molecule has 0 aliphatic heterocycles. The highest BCUT2D eigenvalue weighted by Crippen LogP contribution is 2.21. The highest BCUT2D eigenvalue weighted by Gasteiger charge is 2.08. The van der Waals surface area contributed by atoms with Gasteiger partial charge in [-0.2, -0.15) is 0 Å². The van der Waals surface area contributed by atoms with E-state index in [1.54, 1.807) is 13.0 Å². The zero-order valence-corrected chi connectivity index (χ0v) is 9.90. The minimum absolute atomic E-state index is 0.223. The van der Waals surface area contributed by atoms with E-state index in [9.17, 15) is 4.39 Å². The van der Waals surface area contributed by atoms with Crippen LogP contribution in [0.4, 0.5) is 4.39 Å². The molecule has 0 unspecified atom stereocenters. The van der Waals surface area contributed by atoms with E-state index in [4.69, 9.17) is 11.6 Å². The van der Waals surface area contributed by atoms with Crippen molar-refractivity contribution in [2.24, 2.45) is 0 Å². The number of rotatable bonds is 2. The van der Waals surface area contributed by atoms with Crippen LogP contribution in [-0.2, 0) is 5.88 Å². The van der Waals surface area contributed by atoms with Gasteiger partial charge in [0.2, 0.25) is 0 Å². The molecule has 0 saturated carbocycles. The zero-order chi connectivity index (χ0) is 11.7.